The van der Waals surface area contributed by atoms with Crippen LogP contribution in [0.3, 0.4) is 0 Å². The van der Waals surface area contributed by atoms with Crippen LogP contribution in [0.5, 0.6) is 5.75 Å². The van der Waals surface area contributed by atoms with Crippen molar-refractivity contribution in [1.82, 2.24) is 19.7 Å². The number of likely N-dealkylation sites (N-methyl/N-ethyl adjacent to an activating group) is 1. The molecule has 2 aromatic carbocycles. The van der Waals surface area contributed by atoms with Gasteiger partial charge in [0.05, 0.1) is 30.2 Å². The van der Waals surface area contributed by atoms with Crippen LogP contribution in [0.4, 0.5) is 11.5 Å². The van der Waals surface area contributed by atoms with Crippen molar-refractivity contribution in [1.29, 1.82) is 0 Å². The number of ether oxygens (including phenoxy) is 1. The quantitative estimate of drug-likeness (QED) is 0.462. The standard InChI is InChI=1S/C27H28N6O2/c1-31-13-15-32(16-14-31)25-12-11-21(18-28-25)29-27(34)24-19-33(22-8-4-3-5-9-22)30-26(24)20-7-6-10-23(17-20)35-2/h3-12,17-19H,13-16H2,1-2H3,(H,29,34). The summed E-state index contributed by atoms with van der Waals surface area (Å²) in [5.41, 5.74) is 3.34. The van der Waals surface area contributed by atoms with Gasteiger partial charge in [0.2, 0.25) is 0 Å². The van der Waals surface area contributed by atoms with E-state index in [0.717, 1.165) is 43.2 Å². The van der Waals surface area contributed by atoms with Gasteiger partial charge in [-0.25, -0.2) is 9.67 Å². The van der Waals surface area contributed by atoms with Crippen molar-refractivity contribution in [2.24, 2.45) is 0 Å². The third kappa shape index (κ3) is 5.02. The maximum atomic E-state index is 13.4. The van der Waals surface area contributed by atoms with Gasteiger partial charge in [0.1, 0.15) is 17.3 Å². The summed E-state index contributed by atoms with van der Waals surface area (Å²) < 4.78 is 7.10. The minimum Gasteiger partial charge on any atom is -0.497 e. The molecule has 35 heavy (non-hydrogen) atoms. The maximum Gasteiger partial charge on any atom is 0.259 e. The Hall–Kier alpha value is -4.17. The smallest absolute Gasteiger partial charge is 0.259 e. The number of pyridine rings is 1. The fourth-order valence-electron chi connectivity index (χ4n) is 4.12. The third-order valence-corrected chi connectivity index (χ3v) is 6.16. The molecule has 1 amide bonds. The highest BCUT2D eigenvalue weighted by Gasteiger charge is 2.20. The molecular formula is C27H28N6O2. The van der Waals surface area contributed by atoms with E-state index in [1.807, 2.05) is 66.7 Å². The molecule has 1 N–H and O–H groups in total. The van der Waals surface area contributed by atoms with Gasteiger partial charge in [0, 0.05) is 37.9 Å². The molecule has 1 saturated heterocycles. The Morgan fingerprint density at radius 3 is 2.49 bits per heavy atom. The molecule has 1 aliphatic heterocycles. The Kier molecular flexibility index (Phi) is 6.45. The summed E-state index contributed by atoms with van der Waals surface area (Å²) in [5.74, 6) is 1.37. The van der Waals surface area contributed by atoms with Crippen molar-refractivity contribution in [2.45, 2.75) is 0 Å². The van der Waals surface area contributed by atoms with E-state index in [0.29, 0.717) is 22.7 Å². The molecule has 0 atom stereocenters. The van der Waals surface area contributed by atoms with Crippen LogP contribution in [0.2, 0.25) is 0 Å². The number of hydrogen-bond acceptors (Lipinski definition) is 6. The van der Waals surface area contributed by atoms with Crippen LogP contribution in [0.1, 0.15) is 10.4 Å². The zero-order chi connectivity index (χ0) is 24.2. The second-order valence-corrected chi connectivity index (χ2v) is 8.55. The number of carbonyl (C=O) groups is 1. The number of hydrogen-bond donors (Lipinski definition) is 1. The molecule has 0 bridgehead atoms. The molecule has 8 nitrogen and oxygen atoms in total. The number of para-hydroxylation sites is 1. The molecule has 3 heterocycles. The molecule has 8 heteroatoms. The Morgan fingerprint density at radius 1 is 0.971 bits per heavy atom. The van der Waals surface area contributed by atoms with E-state index in [1.54, 1.807) is 24.2 Å². The number of amides is 1. The lowest BCUT2D eigenvalue weighted by Crippen LogP contribution is -2.44. The second kappa shape index (κ2) is 9.99. The fourth-order valence-corrected chi connectivity index (χ4v) is 4.12. The largest absolute Gasteiger partial charge is 0.497 e. The van der Waals surface area contributed by atoms with Gasteiger partial charge in [-0.2, -0.15) is 5.10 Å². The molecule has 1 fully saturated rings. The summed E-state index contributed by atoms with van der Waals surface area (Å²) in [6.07, 6.45) is 3.46. The number of carbonyl (C=O) groups excluding carboxylic acids is 1. The number of rotatable bonds is 6. The lowest BCUT2D eigenvalue weighted by atomic mass is 10.1. The van der Waals surface area contributed by atoms with Crippen LogP contribution in [-0.2, 0) is 0 Å². The third-order valence-electron chi connectivity index (χ3n) is 6.16. The molecular weight excluding hydrogens is 440 g/mol. The summed E-state index contributed by atoms with van der Waals surface area (Å²) >= 11 is 0. The number of nitrogens with one attached hydrogen (secondary N) is 1. The number of aromatic nitrogens is 3. The maximum absolute atomic E-state index is 13.4. The molecule has 0 radical (unpaired) electrons. The zero-order valence-electron chi connectivity index (χ0n) is 19.9. The zero-order valence-corrected chi connectivity index (χ0v) is 19.9. The van der Waals surface area contributed by atoms with Crippen LogP contribution >= 0.6 is 0 Å². The Labute approximate surface area is 204 Å². The Balaban J connectivity index is 1.42. The van der Waals surface area contributed by atoms with Crippen molar-refractivity contribution >= 4 is 17.4 Å². The van der Waals surface area contributed by atoms with Crippen LogP contribution in [0.15, 0.2) is 79.1 Å². The van der Waals surface area contributed by atoms with E-state index in [9.17, 15) is 4.79 Å². The molecule has 178 valence electrons. The number of methoxy groups -OCH3 is 1. The van der Waals surface area contributed by atoms with Crippen molar-refractivity contribution < 1.29 is 9.53 Å². The van der Waals surface area contributed by atoms with Crippen LogP contribution < -0.4 is 15.0 Å². The monoisotopic (exact) mass is 468 g/mol. The van der Waals surface area contributed by atoms with E-state index in [2.05, 4.69) is 27.1 Å². The van der Waals surface area contributed by atoms with Gasteiger partial charge >= 0.3 is 0 Å². The highest BCUT2D eigenvalue weighted by molar-refractivity contribution is 6.08. The van der Waals surface area contributed by atoms with Crippen LogP contribution in [0, 0.1) is 0 Å². The van der Waals surface area contributed by atoms with E-state index < -0.39 is 0 Å². The number of nitrogens with zero attached hydrogens (tertiary/aromatic N) is 5. The molecule has 0 spiro atoms. The first-order valence-corrected chi connectivity index (χ1v) is 11.6. The number of anilines is 2. The van der Waals surface area contributed by atoms with Gasteiger partial charge in [0.15, 0.2) is 0 Å². The Bertz CT molecular complexity index is 1300. The first-order chi connectivity index (χ1) is 17.1. The summed E-state index contributed by atoms with van der Waals surface area (Å²) in [6, 6.07) is 21.1. The van der Waals surface area contributed by atoms with Crippen LogP contribution in [0.25, 0.3) is 16.9 Å². The minimum atomic E-state index is -0.251. The van der Waals surface area contributed by atoms with Gasteiger partial charge in [-0.05, 0) is 43.4 Å². The van der Waals surface area contributed by atoms with Crippen molar-refractivity contribution in [2.75, 3.05) is 50.6 Å². The topological polar surface area (TPSA) is 75.5 Å². The fraction of sp³-hybridized carbons (Fsp3) is 0.222. The molecule has 5 rings (SSSR count). The summed E-state index contributed by atoms with van der Waals surface area (Å²) in [6.45, 7) is 3.91. The molecule has 0 aliphatic carbocycles. The summed E-state index contributed by atoms with van der Waals surface area (Å²) in [7, 11) is 3.75. The summed E-state index contributed by atoms with van der Waals surface area (Å²) in [4.78, 5) is 22.5. The van der Waals surface area contributed by atoms with E-state index in [4.69, 9.17) is 9.84 Å². The predicted molar refractivity (Wildman–Crippen MR) is 137 cm³/mol. The molecule has 0 unspecified atom stereocenters. The van der Waals surface area contributed by atoms with Gasteiger partial charge < -0.3 is 19.9 Å². The van der Waals surface area contributed by atoms with Crippen molar-refractivity contribution in [3.8, 4) is 22.7 Å². The molecule has 4 aromatic rings. The van der Waals surface area contributed by atoms with E-state index >= 15 is 0 Å². The van der Waals surface area contributed by atoms with Crippen molar-refractivity contribution in [3.63, 3.8) is 0 Å². The minimum absolute atomic E-state index is 0.251. The predicted octanol–water partition coefficient (Wildman–Crippen LogP) is 3.95. The average molecular weight is 469 g/mol. The van der Waals surface area contributed by atoms with Gasteiger partial charge in [-0.1, -0.05) is 30.3 Å². The first-order valence-electron chi connectivity index (χ1n) is 11.6. The highest BCUT2D eigenvalue weighted by Crippen LogP contribution is 2.28. The van der Waals surface area contributed by atoms with Crippen LogP contribution in [-0.4, -0.2) is 65.9 Å². The summed E-state index contributed by atoms with van der Waals surface area (Å²) in [5, 5.41) is 7.73. The first kappa shape index (κ1) is 22.6. The number of benzene rings is 2. The SMILES string of the molecule is COc1cccc(-c2nn(-c3ccccc3)cc2C(=O)Nc2ccc(N3CCN(C)CC3)nc2)c1. The average Bonchev–Trinajstić information content (AvgIpc) is 3.36. The molecule has 2 aromatic heterocycles. The molecule has 0 saturated carbocycles. The number of piperazine rings is 1. The van der Waals surface area contributed by atoms with E-state index in [-0.39, 0.29) is 5.91 Å². The second-order valence-electron chi connectivity index (χ2n) is 8.55. The van der Waals surface area contributed by atoms with Gasteiger partial charge in [0.25, 0.3) is 5.91 Å². The van der Waals surface area contributed by atoms with Crippen molar-refractivity contribution in [3.05, 3.63) is 84.7 Å². The lowest BCUT2D eigenvalue weighted by Gasteiger charge is -2.33. The normalized spacial score (nSPS) is 14.1. The highest BCUT2D eigenvalue weighted by atomic mass is 16.5. The van der Waals surface area contributed by atoms with Gasteiger partial charge in [-0.3, -0.25) is 4.79 Å². The molecule has 1 aliphatic rings. The van der Waals surface area contributed by atoms with E-state index in [1.165, 1.54) is 0 Å². The lowest BCUT2D eigenvalue weighted by molar-refractivity contribution is 0.102. The Morgan fingerprint density at radius 2 is 1.77 bits per heavy atom. The van der Waals surface area contributed by atoms with Gasteiger partial charge in [-0.15, -0.1) is 0 Å².